The van der Waals surface area contributed by atoms with E-state index < -0.39 is 0 Å². The van der Waals surface area contributed by atoms with E-state index >= 15 is 0 Å². The molecular weight excluding hydrogens is 344 g/mol. The standard InChI is InChI=1S/C18H24N2O2S.ClH/c1-13-10-14-11-16(21-2)17(22-3)12-15(14)19-18(13)23-9-8-20-6-4-5-7-20;/h10-12H,4-9H2,1-3H3;1H. The van der Waals surface area contributed by atoms with Crippen molar-refractivity contribution in [2.75, 3.05) is 39.6 Å². The number of benzene rings is 1. The zero-order chi connectivity index (χ0) is 16.2. The molecule has 0 atom stereocenters. The first-order chi connectivity index (χ1) is 11.2. The van der Waals surface area contributed by atoms with Gasteiger partial charge in [0.25, 0.3) is 0 Å². The Morgan fingerprint density at radius 1 is 1.08 bits per heavy atom. The van der Waals surface area contributed by atoms with Crippen LogP contribution in [0.1, 0.15) is 18.4 Å². The predicted molar refractivity (Wildman–Crippen MR) is 103 cm³/mol. The van der Waals surface area contributed by atoms with E-state index in [2.05, 4.69) is 17.9 Å². The fourth-order valence-electron chi connectivity index (χ4n) is 3.01. The minimum atomic E-state index is 0. The molecule has 1 aliphatic heterocycles. The van der Waals surface area contributed by atoms with E-state index in [4.69, 9.17) is 14.5 Å². The number of pyridine rings is 1. The molecule has 1 aromatic heterocycles. The molecule has 1 aromatic carbocycles. The van der Waals surface area contributed by atoms with Gasteiger partial charge in [0.1, 0.15) is 0 Å². The number of hydrogen-bond donors (Lipinski definition) is 0. The third kappa shape index (κ3) is 4.26. The van der Waals surface area contributed by atoms with Crippen LogP contribution >= 0.6 is 24.2 Å². The highest BCUT2D eigenvalue weighted by molar-refractivity contribution is 7.99. The lowest BCUT2D eigenvalue weighted by Gasteiger charge is -2.14. The summed E-state index contributed by atoms with van der Waals surface area (Å²) in [7, 11) is 3.32. The molecule has 0 radical (unpaired) electrons. The van der Waals surface area contributed by atoms with Gasteiger partial charge >= 0.3 is 0 Å². The van der Waals surface area contributed by atoms with Crippen molar-refractivity contribution in [3.8, 4) is 11.5 Å². The fourth-order valence-corrected chi connectivity index (χ4v) is 4.01. The summed E-state index contributed by atoms with van der Waals surface area (Å²) in [6.45, 7) is 5.78. The molecule has 3 rings (SSSR count). The Morgan fingerprint density at radius 3 is 2.42 bits per heavy atom. The lowest BCUT2D eigenvalue weighted by Crippen LogP contribution is -2.21. The molecule has 0 saturated carbocycles. The van der Waals surface area contributed by atoms with Crippen molar-refractivity contribution in [2.45, 2.75) is 24.8 Å². The lowest BCUT2D eigenvalue weighted by molar-refractivity contribution is 0.355. The van der Waals surface area contributed by atoms with Gasteiger partial charge in [0.05, 0.1) is 24.8 Å². The Balaban J connectivity index is 0.00000208. The van der Waals surface area contributed by atoms with E-state index in [1.807, 2.05) is 23.9 Å². The van der Waals surface area contributed by atoms with Crippen LogP contribution in [-0.4, -0.2) is 49.5 Å². The van der Waals surface area contributed by atoms with Crippen LogP contribution in [0.2, 0.25) is 0 Å². The normalized spacial score (nSPS) is 14.6. The highest BCUT2D eigenvalue weighted by Crippen LogP contribution is 2.33. The van der Waals surface area contributed by atoms with Gasteiger partial charge in [-0.05, 0) is 50.6 Å². The Hall–Kier alpha value is -1.17. The molecule has 4 nitrogen and oxygen atoms in total. The number of rotatable bonds is 6. The average Bonchev–Trinajstić information content (AvgIpc) is 3.07. The molecule has 2 aromatic rings. The summed E-state index contributed by atoms with van der Waals surface area (Å²) in [5.41, 5.74) is 2.17. The van der Waals surface area contributed by atoms with Crippen LogP contribution in [0.3, 0.4) is 0 Å². The third-order valence-electron chi connectivity index (χ3n) is 4.31. The summed E-state index contributed by atoms with van der Waals surface area (Å²) in [5, 5.41) is 2.20. The zero-order valence-corrected chi connectivity index (χ0v) is 16.1. The Kier molecular flexibility index (Phi) is 7.02. The number of aryl methyl sites for hydroxylation is 1. The summed E-state index contributed by atoms with van der Waals surface area (Å²) in [6.07, 6.45) is 2.69. The molecule has 0 amide bonds. The van der Waals surface area contributed by atoms with Crippen molar-refractivity contribution in [1.82, 2.24) is 9.88 Å². The van der Waals surface area contributed by atoms with Crippen molar-refractivity contribution in [3.63, 3.8) is 0 Å². The van der Waals surface area contributed by atoms with Gasteiger partial charge in [0, 0.05) is 23.8 Å². The summed E-state index contributed by atoms with van der Waals surface area (Å²) < 4.78 is 10.8. The molecule has 6 heteroatoms. The molecule has 1 aliphatic rings. The maximum atomic E-state index is 5.38. The quantitative estimate of drug-likeness (QED) is 0.715. The van der Waals surface area contributed by atoms with Crippen molar-refractivity contribution in [3.05, 3.63) is 23.8 Å². The van der Waals surface area contributed by atoms with Crippen LogP contribution in [0.5, 0.6) is 11.5 Å². The highest BCUT2D eigenvalue weighted by Gasteiger charge is 2.13. The van der Waals surface area contributed by atoms with Gasteiger partial charge < -0.3 is 14.4 Å². The number of hydrogen-bond acceptors (Lipinski definition) is 5. The van der Waals surface area contributed by atoms with Gasteiger partial charge in [0.2, 0.25) is 0 Å². The van der Waals surface area contributed by atoms with E-state index in [0.717, 1.165) is 39.7 Å². The molecule has 1 saturated heterocycles. The van der Waals surface area contributed by atoms with Crippen LogP contribution in [0.15, 0.2) is 23.2 Å². The van der Waals surface area contributed by atoms with Crippen molar-refractivity contribution in [1.29, 1.82) is 0 Å². The number of ether oxygens (including phenoxy) is 2. The maximum Gasteiger partial charge on any atom is 0.162 e. The largest absolute Gasteiger partial charge is 0.493 e. The molecule has 2 heterocycles. The monoisotopic (exact) mass is 368 g/mol. The minimum absolute atomic E-state index is 0. The van der Waals surface area contributed by atoms with E-state index in [0.29, 0.717) is 0 Å². The average molecular weight is 369 g/mol. The number of likely N-dealkylation sites (tertiary alicyclic amines) is 1. The SMILES string of the molecule is COc1cc2cc(C)c(SCCN3CCCC3)nc2cc1OC.Cl. The number of methoxy groups -OCH3 is 2. The first-order valence-electron chi connectivity index (χ1n) is 8.10. The summed E-state index contributed by atoms with van der Waals surface area (Å²) in [6, 6.07) is 6.13. The van der Waals surface area contributed by atoms with E-state index in [-0.39, 0.29) is 12.4 Å². The van der Waals surface area contributed by atoms with Crippen LogP contribution in [0.25, 0.3) is 10.9 Å². The van der Waals surface area contributed by atoms with Crippen LogP contribution in [0.4, 0.5) is 0 Å². The lowest BCUT2D eigenvalue weighted by atomic mass is 10.1. The molecular formula is C18H25ClN2O2S. The zero-order valence-electron chi connectivity index (χ0n) is 14.5. The van der Waals surface area contributed by atoms with Crippen molar-refractivity contribution in [2.24, 2.45) is 0 Å². The summed E-state index contributed by atoms with van der Waals surface area (Å²) >= 11 is 1.85. The first kappa shape index (κ1) is 19.2. The first-order valence-corrected chi connectivity index (χ1v) is 9.08. The molecule has 24 heavy (non-hydrogen) atoms. The Morgan fingerprint density at radius 2 is 1.75 bits per heavy atom. The minimum Gasteiger partial charge on any atom is -0.493 e. The number of thioether (sulfide) groups is 1. The second kappa shape index (κ2) is 8.79. The smallest absolute Gasteiger partial charge is 0.162 e. The number of nitrogens with zero attached hydrogens (tertiary/aromatic N) is 2. The second-order valence-corrected chi connectivity index (χ2v) is 6.99. The number of aromatic nitrogens is 1. The molecule has 0 N–H and O–H groups in total. The molecule has 0 aliphatic carbocycles. The Bertz CT molecular complexity index is 690. The van der Waals surface area contributed by atoms with E-state index in [1.165, 1.54) is 31.5 Å². The summed E-state index contributed by atoms with van der Waals surface area (Å²) in [4.78, 5) is 7.37. The Labute approximate surface area is 154 Å². The highest BCUT2D eigenvalue weighted by atomic mass is 35.5. The molecule has 132 valence electrons. The van der Waals surface area contributed by atoms with Gasteiger partial charge in [-0.15, -0.1) is 24.2 Å². The molecule has 0 unspecified atom stereocenters. The van der Waals surface area contributed by atoms with Gasteiger partial charge in [-0.1, -0.05) is 0 Å². The van der Waals surface area contributed by atoms with Gasteiger partial charge in [-0.3, -0.25) is 0 Å². The molecule has 0 bridgehead atoms. The number of halogens is 1. The van der Waals surface area contributed by atoms with Crippen LogP contribution < -0.4 is 9.47 Å². The van der Waals surface area contributed by atoms with Gasteiger partial charge in [-0.2, -0.15) is 0 Å². The predicted octanol–water partition coefficient (Wildman–Crippen LogP) is 4.17. The number of fused-ring (bicyclic) bond motifs is 1. The van der Waals surface area contributed by atoms with Crippen LogP contribution in [-0.2, 0) is 0 Å². The maximum absolute atomic E-state index is 5.38. The molecule has 1 fully saturated rings. The van der Waals surface area contributed by atoms with E-state index in [1.54, 1.807) is 14.2 Å². The second-order valence-electron chi connectivity index (χ2n) is 5.91. The van der Waals surface area contributed by atoms with Crippen molar-refractivity contribution >= 4 is 35.1 Å². The summed E-state index contributed by atoms with van der Waals surface area (Å²) in [5.74, 6) is 2.56. The van der Waals surface area contributed by atoms with Gasteiger partial charge in [0.15, 0.2) is 11.5 Å². The topological polar surface area (TPSA) is 34.6 Å². The van der Waals surface area contributed by atoms with E-state index in [9.17, 15) is 0 Å². The van der Waals surface area contributed by atoms with Crippen molar-refractivity contribution < 1.29 is 9.47 Å². The van der Waals surface area contributed by atoms with Gasteiger partial charge in [-0.25, -0.2) is 4.98 Å². The fraction of sp³-hybridized carbons (Fsp3) is 0.500. The van der Waals surface area contributed by atoms with Crippen LogP contribution in [0, 0.1) is 6.92 Å². The molecule has 0 spiro atoms. The third-order valence-corrected chi connectivity index (χ3v) is 5.38.